The number of ether oxygens (including phenoxy) is 2. The van der Waals surface area contributed by atoms with E-state index in [1.165, 1.54) is 6.07 Å². The van der Waals surface area contributed by atoms with Gasteiger partial charge in [-0.2, -0.15) is 22.0 Å². The average Bonchev–Trinajstić information content (AvgIpc) is 3.19. The molecule has 1 saturated heterocycles. The predicted molar refractivity (Wildman–Crippen MR) is 139 cm³/mol. The van der Waals surface area contributed by atoms with Gasteiger partial charge in [-0.3, -0.25) is 0 Å². The molecule has 1 aliphatic heterocycles. The molecule has 1 aromatic heterocycles. The van der Waals surface area contributed by atoms with E-state index in [9.17, 15) is 30.4 Å². The molecule has 14 heteroatoms. The molecule has 0 atom stereocenters. The van der Waals surface area contributed by atoms with Gasteiger partial charge in [0.05, 0.1) is 38.8 Å². The van der Waals surface area contributed by atoms with Gasteiger partial charge in [-0.15, -0.1) is 11.3 Å². The fourth-order valence-electron chi connectivity index (χ4n) is 4.11. The van der Waals surface area contributed by atoms with Crippen molar-refractivity contribution in [1.82, 2.24) is 0 Å². The van der Waals surface area contributed by atoms with E-state index in [-0.39, 0.29) is 28.7 Å². The number of primary sulfonamides is 1. The maximum absolute atomic E-state index is 13.5. The molecule has 2 heterocycles. The van der Waals surface area contributed by atoms with E-state index in [0.717, 1.165) is 42.0 Å². The molecule has 0 bridgehead atoms. The lowest BCUT2D eigenvalue weighted by Gasteiger charge is -2.24. The normalized spacial score (nSPS) is 14.7. The minimum atomic E-state index is -4.46. The molecule has 0 radical (unpaired) electrons. The number of nitrogens with one attached hydrogen (secondary N) is 2. The number of halogens is 5. The zero-order chi connectivity index (χ0) is 28.2. The Kier molecular flexibility index (Phi) is 8.85. The minimum Gasteiger partial charge on any atom is -0.433 e. The molecule has 0 saturated carbocycles. The Bertz CT molecular complexity index is 1490. The van der Waals surface area contributed by atoms with Gasteiger partial charge in [0.2, 0.25) is 10.0 Å². The first-order valence-corrected chi connectivity index (χ1v) is 14.1. The van der Waals surface area contributed by atoms with Crippen molar-refractivity contribution in [3.63, 3.8) is 0 Å². The second-order valence-corrected chi connectivity index (χ2v) is 11.2. The molecule has 0 amide bonds. The number of nitrogens with two attached hydrogens (primary N) is 1. The predicted octanol–water partition coefficient (Wildman–Crippen LogP) is 5.31. The van der Waals surface area contributed by atoms with Gasteiger partial charge in [0, 0.05) is 25.3 Å². The number of benzene rings is 2. The number of hydrogen-bond acceptors (Lipinski definition) is 7. The maximum Gasteiger partial charge on any atom is 0.393 e. The Balaban J connectivity index is 1.61. The second-order valence-electron chi connectivity index (χ2n) is 8.65. The van der Waals surface area contributed by atoms with Crippen LogP contribution in [0.3, 0.4) is 0 Å². The second kappa shape index (κ2) is 12.0. The first-order valence-electron chi connectivity index (χ1n) is 11.7. The third kappa shape index (κ3) is 7.72. The van der Waals surface area contributed by atoms with E-state index in [0.29, 0.717) is 23.3 Å². The van der Waals surface area contributed by atoms with Gasteiger partial charge >= 0.3 is 12.8 Å². The molecule has 1 aliphatic rings. The van der Waals surface area contributed by atoms with Crippen LogP contribution in [-0.4, -0.2) is 47.0 Å². The van der Waals surface area contributed by atoms with Crippen molar-refractivity contribution >= 4 is 42.8 Å². The van der Waals surface area contributed by atoms with Crippen molar-refractivity contribution < 1.29 is 39.8 Å². The summed E-state index contributed by atoms with van der Waals surface area (Å²) in [5.74, 6) is 5.03. The Hall–Kier alpha value is -3.12. The van der Waals surface area contributed by atoms with Crippen molar-refractivity contribution in [2.75, 3.05) is 30.4 Å². The largest absolute Gasteiger partial charge is 0.433 e. The third-order valence-electron chi connectivity index (χ3n) is 5.84. The van der Waals surface area contributed by atoms with Crippen LogP contribution in [0.2, 0.25) is 0 Å². The van der Waals surface area contributed by atoms with E-state index in [1.807, 2.05) is 6.07 Å². The summed E-state index contributed by atoms with van der Waals surface area (Å²) in [5, 5.41) is 11.6. The molecular weight excluding hydrogens is 565 g/mol. The summed E-state index contributed by atoms with van der Waals surface area (Å²) >= 11 is 1.14. The maximum atomic E-state index is 13.5. The van der Waals surface area contributed by atoms with E-state index in [1.54, 1.807) is 12.1 Å². The molecule has 1 fully saturated rings. The van der Waals surface area contributed by atoms with Crippen LogP contribution in [0.25, 0.3) is 10.1 Å². The smallest absolute Gasteiger partial charge is 0.393 e. The number of hydrogen-bond donors (Lipinski definition) is 3. The lowest BCUT2D eigenvalue weighted by molar-refractivity contribution is -0.126. The SMILES string of the molecule is NS(=O)(=O)c1ccc(NCC#Cc2sc3c(NC4CCOCC4)cccc3c2CC(F)(F)F)c(OC(F)F)c1. The lowest BCUT2D eigenvalue weighted by atomic mass is 10.1. The first kappa shape index (κ1) is 28.9. The van der Waals surface area contributed by atoms with Crippen molar-refractivity contribution in [1.29, 1.82) is 0 Å². The van der Waals surface area contributed by atoms with Crippen molar-refractivity contribution in [3.8, 4) is 17.6 Å². The van der Waals surface area contributed by atoms with Crippen LogP contribution in [0, 0.1) is 11.8 Å². The molecule has 4 rings (SSSR count). The van der Waals surface area contributed by atoms with Gasteiger partial charge in [0.15, 0.2) is 5.75 Å². The summed E-state index contributed by atoms with van der Waals surface area (Å²) in [6, 6.07) is 8.42. The number of thiophene rings is 1. The Morgan fingerprint density at radius 2 is 1.90 bits per heavy atom. The average molecular weight is 590 g/mol. The van der Waals surface area contributed by atoms with Crippen LogP contribution in [0.1, 0.15) is 23.3 Å². The highest BCUT2D eigenvalue weighted by Gasteiger charge is 2.31. The molecule has 210 valence electrons. The summed E-state index contributed by atoms with van der Waals surface area (Å²) in [6.07, 6.45) is -4.05. The van der Waals surface area contributed by atoms with E-state index in [2.05, 4.69) is 27.2 Å². The van der Waals surface area contributed by atoms with Crippen molar-refractivity contribution in [3.05, 3.63) is 46.8 Å². The monoisotopic (exact) mass is 589 g/mol. The molecule has 39 heavy (non-hydrogen) atoms. The summed E-state index contributed by atoms with van der Waals surface area (Å²) < 4.78 is 99.6. The van der Waals surface area contributed by atoms with Crippen LogP contribution in [0.5, 0.6) is 5.75 Å². The standard InChI is InChI=1S/C25H24F5N3O4S2/c26-24(27)37-21-13-16(39(31,34)35)6-7-19(21)32-10-2-5-22-18(14-25(28,29)30)17-3-1-4-20(23(17)38-22)33-15-8-11-36-12-9-15/h1,3-4,6-7,13,15,24,32-33H,8-12,14H2,(H2,31,34,35). The zero-order valence-corrected chi connectivity index (χ0v) is 21.9. The van der Waals surface area contributed by atoms with E-state index in [4.69, 9.17) is 9.88 Å². The fourth-order valence-corrected chi connectivity index (χ4v) is 5.81. The van der Waals surface area contributed by atoms with Crippen LogP contribution >= 0.6 is 11.3 Å². The number of rotatable bonds is 8. The Morgan fingerprint density at radius 3 is 2.56 bits per heavy atom. The van der Waals surface area contributed by atoms with E-state index < -0.39 is 39.9 Å². The van der Waals surface area contributed by atoms with E-state index >= 15 is 0 Å². The lowest BCUT2D eigenvalue weighted by Crippen LogP contribution is -2.27. The van der Waals surface area contributed by atoms with Gasteiger partial charge in [-0.25, -0.2) is 13.6 Å². The summed E-state index contributed by atoms with van der Waals surface area (Å²) in [4.78, 5) is -0.194. The molecule has 0 spiro atoms. The molecule has 3 aromatic rings. The van der Waals surface area contributed by atoms with Crippen molar-refractivity contribution in [2.24, 2.45) is 5.14 Å². The number of alkyl halides is 5. The van der Waals surface area contributed by atoms with Crippen LogP contribution < -0.4 is 20.5 Å². The van der Waals surface area contributed by atoms with Gasteiger partial charge in [-0.1, -0.05) is 24.0 Å². The summed E-state index contributed by atoms with van der Waals surface area (Å²) in [6.45, 7) is -2.17. The Morgan fingerprint density at radius 1 is 1.15 bits per heavy atom. The van der Waals surface area contributed by atoms with Gasteiger partial charge in [0.25, 0.3) is 0 Å². The molecule has 7 nitrogen and oxygen atoms in total. The summed E-state index contributed by atoms with van der Waals surface area (Å²) in [5.41, 5.74) is 0.791. The van der Waals surface area contributed by atoms with Gasteiger partial charge in [-0.05, 0) is 42.0 Å². The van der Waals surface area contributed by atoms with Gasteiger partial charge in [0.1, 0.15) is 0 Å². The molecule has 0 aliphatic carbocycles. The van der Waals surface area contributed by atoms with Crippen LogP contribution in [-0.2, 0) is 21.2 Å². The summed E-state index contributed by atoms with van der Waals surface area (Å²) in [7, 11) is -4.17. The number of fused-ring (bicyclic) bond motifs is 1. The van der Waals surface area contributed by atoms with Gasteiger partial charge < -0.3 is 20.1 Å². The zero-order valence-electron chi connectivity index (χ0n) is 20.3. The fraction of sp³-hybridized carbons (Fsp3) is 0.360. The first-order chi connectivity index (χ1) is 18.4. The molecular formula is C25H24F5N3O4S2. The highest BCUT2D eigenvalue weighted by atomic mass is 32.2. The highest BCUT2D eigenvalue weighted by molar-refractivity contribution is 7.89. The quantitative estimate of drug-likeness (QED) is 0.243. The third-order valence-corrected chi connectivity index (χ3v) is 7.95. The number of anilines is 2. The highest BCUT2D eigenvalue weighted by Crippen LogP contribution is 2.39. The minimum absolute atomic E-state index is 0.00630. The topological polar surface area (TPSA) is 103 Å². The van der Waals surface area contributed by atoms with Crippen LogP contribution in [0.4, 0.5) is 33.3 Å². The molecule has 0 unspecified atom stereocenters. The molecule has 2 aromatic carbocycles. The molecule has 4 N–H and O–H groups in total. The Labute approximate surface area is 225 Å². The van der Waals surface area contributed by atoms with Crippen molar-refractivity contribution in [2.45, 2.75) is 43.0 Å². The van der Waals surface area contributed by atoms with Crippen LogP contribution in [0.15, 0.2) is 41.3 Å². The number of sulfonamides is 1.